The summed E-state index contributed by atoms with van der Waals surface area (Å²) in [7, 11) is 0. The molecule has 1 aromatic rings. The summed E-state index contributed by atoms with van der Waals surface area (Å²) in [6.07, 6.45) is 7.61. The first-order valence-corrected chi connectivity index (χ1v) is 6.81. The lowest BCUT2D eigenvalue weighted by Gasteiger charge is -1.96. The Morgan fingerprint density at radius 1 is 1.07 bits per heavy atom. The molecule has 1 aromatic carbocycles. The largest absolute Gasteiger partial charge is 0.134 e. The topological polar surface area (TPSA) is 0 Å². The third-order valence-electron chi connectivity index (χ3n) is 2.27. The summed E-state index contributed by atoms with van der Waals surface area (Å²) in [5.41, 5.74) is 1.29. The summed E-state index contributed by atoms with van der Waals surface area (Å²) in [6.45, 7) is 2.25. The predicted molar refractivity (Wildman–Crippen MR) is 72.1 cm³/mol. The van der Waals surface area contributed by atoms with Crippen molar-refractivity contribution in [1.29, 1.82) is 0 Å². The molecular weight excluding hydrogens is 200 g/mol. The molecule has 15 heavy (non-hydrogen) atoms. The normalized spacial score (nSPS) is 11.0. The lowest BCUT2D eigenvalue weighted by molar-refractivity contribution is 0.707. The Hall–Kier alpha value is -0.690. The van der Waals surface area contributed by atoms with Gasteiger partial charge in [-0.05, 0) is 29.2 Å². The van der Waals surface area contributed by atoms with Crippen LogP contribution in [0.1, 0.15) is 38.2 Å². The zero-order valence-corrected chi connectivity index (χ0v) is 10.3. The van der Waals surface area contributed by atoms with E-state index in [1.165, 1.54) is 37.0 Å². The Labute approximate surface area is 97.8 Å². The molecule has 82 valence electrons. The highest BCUT2D eigenvalue weighted by Gasteiger charge is 1.87. The number of thioether (sulfide) groups is 1. The van der Waals surface area contributed by atoms with Gasteiger partial charge < -0.3 is 0 Å². The monoisotopic (exact) mass is 220 g/mol. The Bertz CT molecular complexity index is 264. The van der Waals surface area contributed by atoms with Crippen LogP contribution in [0.3, 0.4) is 0 Å². The van der Waals surface area contributed by atoms with E-state index < -0.39 is 0 Å². The molecule has 0 bridgehead atoms. The third kappa shape index (κ3) is 6.40. The van der Waals surface area contributed by atoms with Gasteiger partial charge in [-0.3, -0.25) is 0 Å². The van der Waals surface area contributed by atoms with E-state index in [9.17, 15) is 0 Å². The molecule has 0 N–H and O–H groups in total. The van der Waals surface area contributed by atoms with Gasteiger partial charge in [0.2, 0.25) is 0 Å². The van der Waals surface area contributed by atoms with Crippen LogP contribution in [0.4, 0.5) is 0 Å². The molecule has 0 unspecified atom stereocenters. The minimum atomic E-state index is 1.25. The standard InChI is InChI=1S/C14H20S/c1-2-3-4-8-12-15-13-11-14-9-6-5-7-10-14/h5-7,9-11,13H,2-4,8,12H2,1H3/b13-11+. The number of rotatable bonds is 7. The number of unbranched alkanes of at least 4 members (excludes halogenated alkanes) is 3. The lowest BCUT2D eigenvalue weighted by atomic mass is 10.2. The molecule has 0 atom stereocenters. The lowest BCUT2D eigenvalue weighted by Crippen LogP contribution is -1.78. The highest BCUT2D eigenvalue weighted by atomic mass is 32.2. The van der Waals surface area contributed by atoms with Crippen molar-refractivity contribution < 1.29 is 0 Å². The summed E-state index contributed by atoms with van der Waals surface area (Å²) in [6, 6.07) is 10.5. The Balaban J connectivity index is 2.07. The fourth-order valence-electron chi connectivity index (χ4n) is 1.37. The predicted octanol–water partition coefficient (Wildman–Crippen LogP) is 4.97. The van der Waals surface area contributed by atoms with Gasteiger partial charge in [0.05, 0.1) is 0 Å². The zero-order chi connectivity index (χ0) is 10.8. The minimum absolute atomic E-state index is 1.25. The minimum Gasteiger partial charge on any atom is -0.134 e. The van der Waals surface area contributed by atoms with Crippen molar-refractivity contribution in [3.63, 3.8) is 0 Å². The first-order chi connectivity index (χ1) is 7.43. The van der Waals surface area contributed by atoms with Crippen molar-refractivity contribution in [3.05, 3.63) is 41.3 Å². The molecule has 0 aliphatic rings. The molecule has 0 aromatic heterocycles. The molecule has 0 fully saturated rings. The van der Waals surface area contributed by atoms with Crippen LogP contribution in [0, 0.1) is 0 Å². The molecule has 1 rings (SSSR count). The highest BCUT2D eigenvalue weighted by molar-refractivity contribution is 8.02. The summed E-state index contributed by atoms with van der Waals surface area (Å²) in [4.78, 5) is 0. The highest BCUT2D eigenvalue weighted by Crippen LogP contribution is 2.11. The van der Waals surface area contributed by atoms with Gasteiger partial charge in [0.25, 0.3) is 0 Å². The third-order valence-corrected chi connectivity index (χ3v) is 3.12. The van der Waals surface area contributed by atoms with Crippen LogP contribution in [-0.4, -0.2) is 5.75 Å². The first kappa shape index (κ1) is 12.4. The van der Waals surface area contributed by atoms with Crippen LogP contribution in [0.5, 0.6) is 0 Å². The van der Waals surface area contributed by atoms with E-state index in [0.29, 0.717) is 0 Å². The van der Waals surface area contributed by atoms with Crippen molar-refractivity contribution in [2.45, 2.75) is 32.6 Å². The summed E-state index contributed by atoms with van der Waals surface area (Å²) >= 11 is 1.92. The smallest absolute Gasteiger partial charge is 0.00260 e. The van der Waals surface area contributed by atoms with Crippen molar-refractivity contribution >= 4 is 17.8 Å². The fraction of sp³-hybridized carbons (Fsp3) is 0.429. The summed E-state index contributed by atoms with van der Waals surface area (Å²) in [5.74, 6) is 1.25. The maximum absolute atomic E-state index is 2.25. The van der Waals surface area contributed by atoms with Crippen molar-refractivity contribution in [2.75, 3.05) is 5.75 Å². The average molecular weight is 220 g/mol. The van der Waals surface area contributed by atoms with E-state index in [2.05, 4.69) is 48.7 Å². The fourth-order valence-corrected chi connectivity index (χ4v) is 2.13. The molecule has 0 aliphatic carbocycles. The van der Waals surface area contributed by atoms with E-state index in [1.54, 1.807) is 0 Å². The SMILES string of the molecule is CCCCCCS/C=C/c1ccccc1. The molecule has 0 heterocycles. The molecule has 0 nitrogen and oxygen atoms in total. The van der Waals surface area contributed by atoms with Gasteiger partial charge in [-0.25, -0.2) is 0 Å². The van der Waals surface area contributed by atoms with Crippen LogP contribution < -0.4 is 0 Å². The maximum atomic E-state index is 2.25. The van der Waals surface area contributed by atoms with Gasteiger partial charge in [-0.15, -0.1) is 11.8 Å². The molecule has 0 saturated carbocycles. The number of hydrogen-bond donors (Lipinski definition) is 0. The van der Waals surface area contributed by atoms with E-state index in [1.807, 2.05) is 11.8 Å². The van der Waals surface area contributed by atoms with E-state index in [0.717, 1.165) is 0 Å². The molecule has 0 spiro atoms. The van der Waals surface area contributed by atoms with Crippen molar-refractivity contribution in [1.82, 2.24) is 0 Å². The van der Waals surface area contributed by atoms with Crippen LogP contribution in [0.25, 0.3) is 6.08 Å². The van der Waals surface area contributed by atoms with Gasteiger partial charge in [-0.1, -0.05) is 56.5 Å². The number of hydrogen-bond acceptors (Lipinski definition) is 1. The van der Waals surface area contributed by atoms with E-state index in [4.69, 9.17) is 0 Å². The van der Waals surface area contributed by atoms with Crippen LogP contribution in [0.2, 0.25) is 0 Å². The Morgan fingerprint density at radius 3 is 2.60 bits per heavy atom. The molecule has 1 heteroatoms. The molecule has 0 saturated heterocycles. The van der Waals surface area contributed by atoms with E-state index in [-0.39, 0.29) is 0 Å². The second-order valence-electron chi connectivity index (χ2n) is 3.64. The summed E-state index contributed by atoms with van der Waals surface area (Å²) < 4.78 is 0. The van der Waals surface area contributed by atoms with E-state index >= 15 is 0 Å². The molecule has 0 radical (unpaired) electrons. The molecule has 0 amide bonds. The van der Waals surface area contributed by atoms with Gasteiger partial charge in [0.1, 0.15) is 0 Å². The van der Waals surface area contributed by atoms with Crippen LogP contribution in [-0.2, 0) is 0 Å². The van der Waals surface area contributed by atoms with Gasteiger partial charge in [-0.2, -0.15) is 0 Å². The average Bonchev–Trinajstić information content (AvgIpc) is 2.29. The van der Waals surface area contributed by atoms with Gasteiger partial charge >= 0.3 is 0 Å². The Kier molecular flexibility index (Phi) is 7.10. The summed E-state index contributed by atoms with van der Waals surface area (Å²) in [5, 5.41) is 2.21. The zero-order valence-electron chi connectivity index (χ0n) is 9.49. The quantitative estimate of drug-likeness (QED) is 0.585. The van der Waals surface area contributed by atoms with Gasteiger partial charge in [0.15, 0.2) is 0 Å². The molecule has 0 aliphatic heterocycles. The Morgan fingerprint density at radius 2 is 1.87 bits per heavy atom. The van der Waals surface area contributed by atoms with Crippen molar-refractivity contribution in [3.8, 4) is 0 Å². The number of benzene rings is 1. The van der Waals surface area contributed by atoms with Crippen molar-refractivity contribution in [2.24, 2.45) is 0 Å². The first-order valence-electron chi connectivity index (χ1n) is 5.76. The van der Waals surface area contributed by atoms with Crippen LogP contribution in [0.15, 0.2) is 35.7 Å². The maximum Gasteiger partial charge on any atom is -0.00260 e. The molecular formula is C14H20S. The van der Waals surface area contributed by atoms with Crippen LogP contribution >= 0.6 is 11.8 Å². The second kappa shape index (κ2) is 8.60. The second-order valence-corrected chi connectivity index (χ2v) is 4.66. The van der Waals surface area contributed by atoms with Gasteiger partial charge in [0, 0.05) is 0 Å².